The second-order valence-electron chi connectivity index (χ2n) is 4.65. The summed E-state index contributed by atoms with van der Waals surface area (Å²) in [5.74, 6) is 0.440. The molecule has 0 amide bonds. The lowest BCUT2D eigenvalue weighted by molar-refractivity contribution is -0.141. The summed E-state index contributed by atoms with van der Waals surface area (Å²) in [5, 5.41) is 2.08. The molecule has 1 aromatic heterocycles. The Kier molecular flexibility index (Phi) is 6.89. The summed E-state index contributed by atoms with van der Waals surface area (Å²) >= 11 is 5.29. The Hall–Kier alpha value is -0.390. The Balaban J connectivity index is 2.55. The molecule has 5 heteroatoms. The van der Waals surface area contributed by atoms with Crippen LogP contribution in [0.5, 0.6) is 0 Å². The van der Waals surface area contributed by atoms with Crippen molar-refractivity contribution in [2.45, 2.75) is 26.8 Å². The summed E-state index contributed by atoms with van der Waals surface area (Å²) in [4.78, 5) is 14.8. The number of carbonyl (C=O) groups is 1. The van der Waals surface area contributed by atoms with Gasteiger partial charge in [-0.3, -0.25) is 9.69 Å². The molecule has 0 bridgehead atoms. The van der Waals surface area contributed by atoms with Crippen LogP contribution in [0.3, 0.4) is 0 Å². The van der Waals surface area contributed by atoms with Gasteiger partial charge in [0.25, 0.3) is 0 Å². The summed E-state index contributed by atoms with van der Waals surface area (Å²) in [6.07, 6.45) is 0.451. The highest BCUT2D eigenvalue weighted by Gasteiger charge is 2.13. The fourth-order valence-electron chi connectivity index (χ4n) is 1.74. The van der Waals surface area contributed by atoms with Gasteiger partial charge in [0.2, 0.25) is 0 Å². The standard InChI is InChI=1S/C13H20BrNO2S/c1-10(2)8-15(6-4-13(16)17-3)9-12-11(14)5-7-18-12/h5,7,10H,4,6,8-9H2,1-3H3. The molecule has 18 heavy (non-hydrogen) atoms. The molecule has 102 valence electrons. The molecule has 1 aromatic rings. The maximum absolute atomic E-state index is 11.2. The number of ether oxygens (including phenoxy) is 1. The maximum Gasteiger partial charge on any atom is 0.306 e. The van der Waals surface area contributed by atoms with E-state index < -0.39 is 0 Å². The van der Waals surface area contributed by atoms with E-state index in [1.54, 1.807) is 11.3 Å². The molecule has 1 rings (SSSR count). The van der Waals surface area contributed by atoms with Crippen LogP contribution in [0.25, 0.3) is 0 Å². The van der Waals surface area contributed by atoms with Crippen molar-refractivity contribution in [3.8, 4) is 0 Å². The topological polar surface area (TPSA) is 29.5 Å². The second kappa shape index (κ2) is 7.92. The van der Waals surface area contributed by atoms with E-state index in [9.17, 15) is 4.79 Å². The summed E-state index contributed by atoms with van der Waals surface area (Å²) in [6, 6.07) is 2.06. The van der Waals surface area contributed by atoms with Gasteiger partial charge in [0.05, 0.1) is 13.5 Å². The van der Waals surface area contributed by atoms with E-state index in [2.05, 4.69) is 46.1 Å². The molecule has 0 aliphatic heterocycles. The van der Waals surface area contributed by atoms with Gasteiger partial charge < -0.3 is 4.74 Å². The van der Waals surface area contributed by atoms with Crippen LogP contribution >= 0.6 is 27.3 Å². The molecule has 0 aliphatic rings. The molecule has 0 atom stereocenters. The lowest BCUT2D eigenvalue weighted by Crippen LogP contribution is -2.29. The van der Waals surface area contributed by atoms with Crippen LogP contribution < -0.4 is 0 Å². The monoisotopic (exact) mass is 333 g/mol. The summed E-state index contributed by atoms with van der Waals surface area (Å²) in [7, 11) is 1.44. The zero-order valence-electron chi connectivity index (χ0n) is 11.1. The first kappa shape index (κ1) is 15.7. The van der Waals surface area contributed by atoms with Crippen molar-refractivity contribution in [2.24, 2.45) is 5.92 Å². The largest absolute Gasteiger partial charge is 0.469 e. The van der Waals surface area contributed by atoms with E-state index in [4.69, 9.17) is 4.74 Å². The molecular formula is C13H20BrNO2S. The summed E-state index contributed by atoms with van der Waals surface area (Å²) < 4.78 is 5.84. The number of hydrogen-bond acceptors (Lipinski definition) is 4. The molecule has 1 heterocycles. The van der Waals surface area contributed by atoms with E-state index in [-0.39, 0.29) is 5.97 Å². The van der Waals surface area contributed by atoms with Gasteiger partial charge in [-0.25, -0.2) is 0 Å². The van der Waals surface area contributed by atoms with Gasteiger partial charge in [-0.2, -0.15) is 0 Å². The van der Waals surface area contributed by atoms with Gasteiger partial charge in [0, 0.05) is 29.0 Å². The van der Waals surface area contributed by atoms with Crippen molar-refractivity contribution in [1.29, 1.82) is 0 Å². The molecular weight excluding hydrogens is 314 g/mol. The third kappa shape index (κ3) is 5.50. The first-order chi connectivity index (χ1) is 8.52. The number of nitrogens with zero attached hydrogens (tertiary/aromatic N) is 1. The molecule has 0 saturated carbocycles. The molecule has 0 fully saturated rings. The summed E-state index contributed by atoms with van der Waals surface area (Å²) in [5.41, 5.74) is 0. The Bertz CT molecular complexity index is 379. The van der Waals surface area contributed by atoms with Crippen LogP contribution in [0.15, 0.2) is 15.9 Å². The third-order valence-corrected chi connectivity index (χ3v) is 4.45. The van der Waals surface area contributed by atoms with Crippen LogP contribution in [0.1, 0.15) is 25.1 Å². The summed E-state index contributed by atoms with van der Waals surface area (Å²) in [6.45, 7) is 6.99. The zero-order valence-corrected chi connectivity index (χ0v) is 13.5. The lowest BCUT2D eigenvalue weighted by atomic mass is 10.2. The predicted molar refractivity (Wildman–Crippen MR) is 78.8 cm³/mol. The van der Waals surface area contributed by atoms with Gasteiger partial charge in [-0.15, -0.1) is 11.3 Å². The first-order valence-electron chi connectivity index (χ1n) is 6.04. The van der Waals surface area contributed by atoms with E-state index in [0.29, 0.717) is 12.3 Å². The van der Waals surface area contributed by atoms with Crippen molar-refractivity contribution in [2.75, 3.05) is 20.2 Å². The molecule has 0 unspecified atom stereocenters. The van der Waals surface area contributed by atoms with E-state index in [0.717, 1.165) is 24.1 Å². The lowest BCUT2D eigenvalue weighted by Gasteiger charge is -2.23. The number of halogens is 1. The SMILES string of the molecule is COC(=O)CCN(Cc1sccc1Br)CC(C)C. The molecule has 0 aliphatic carbocycles. The van der Waals surface area contributed by atoms with Gasteiger partial charge in [0.1, 0.15) is 0 Å². The highest BCUT2D eigenvalue weighted by molar-refractivity contribution is 9.10. The molecule has 0 saturated heterocycles. The Morgan fingerprint density at radius 3 is 2.78 bits per heavy atom. The molecule has 3 nitrogen and oxygen atoms in total. The molecule has 0 aromatic carbocycles. The van der Waals surface area contributed by atoms with Crippen molar-refractivity contribution < 1.29 is 9.53 Å². The van der Waals surface area contributed by atoms with Crippen molar-refractivity contribution in [1.82, 2.24) is 4.90 Å². The Labute approximate surface area is 121 Å². The van der Waals surface area contributed by atoms with Gasteiger partial charge in [-0.1, -0.05) is 13.8 Å². The number of esters is 1. The highest BCUT2D eigenvalue weighted by Crippen LogP contribution is 2.24. The van der Waals surface area contributed by atoms with E-state index in [1.165, 1.54) is 12.0 Å². The minimum absolute atomic E-state index is 0.144. The number of methoxy groups -OCH3 is 1. The van der Waals surface area contributed by atoms with Gasteiger partial charge in [0.15, 0.2) is 0 Å². The van der Waals surface area contributed by atoms with Crippen LogP contribution in [0, 0.1) is 5.92 Å². The predicted octanol–water partition coefficient (Wildman–Crippen LogP) is 3.53. The number of rotatable bonds is 7. The fourth-order valence-corrected chi connectivity index (χ4v) is 3.26. The van der Waals surface area contributed by atoms with Crippen LogP contribution in [-0.2, 0) is 16.1 Å². The van der Waals surface area contributed by atoms with Gasteiger partial charge in [-0.05, 0) is 33.3 Å². The average molecular weight is 334 g/mol. The van der Waals surface area contributed by atoms with Crippen molar-refractivity contribution in [3.63, 3.8) is 0 Å². The smallest absolute Gasteiger partial charge is 0.306 e. The Morgan fingerprint density at radius 2 is 2.28 bits per heavy atom. The normalized spacial score (nSPS) is 11.2. The minimum atomic E-state index is -0.144. The second-order valence-corrected chi connectivity index (χ2v) is 6.50. The van der Waals surface area contributed by atoms with Crippen LogP contribution in [0.2, 0.25) is 0 Å². The molecule has 0 radical (unpaired) electrons. The van der Waals surface area contributed by atoms with E-state index in [1.807, 2.05) is 0 Å². The Morgan fingerprint density at radius 1 is 1.56 bits per heavy atom. The van der Waals surface area contributed by atoms with Crippen molar-refractivity contribution >= 4 is 33.2 Å². The zero-order chi connectivity index (χ0) is 13.5. The maximum atomic E-state index is 11.2. The van der Waals surface area contributed by atoms with Crippen LogP contribution in [-0.4, -0.2) is 31.1 Å². The van der Waals surface area contributed by atoms with E-state index >= 15 is 0 Å². The van der Waals surface area contributed by atoms with Crippen molar-refractivity contribution in [3.05, 3.63) is 20.8 Å². The number of hydrogen-bond donors (Lipinski definition) is 0. The minimum Gasteiger partial charge on any atom is -0.469 e. The quantitative estimate of drug-likeness (QED) is 0.715. The fraction of sp³-hybridized carbons (Fsp3) is 0.615. The van der Waals surface area contributed by atoms with Gasteiger partial charge >= 0.3 is 5.97 Å². The average Bonchev–Trinajstić information content (AvgIpc) is 2.71. The first-order valence-corrected chi connectivity index (χ1v) is 7.71. The molecule has 0 N–H and O–H groups in total. The third-order valence-electron chi connectivity index (χ3n) is 2.54. The molecule has 0 spiro atoms. The van der Waals surface area contributed by atoms with Crippen LogP contribution in [0.4, 0.5) is 0 Å². The number of thiophene rings is 1. The highest BCUT2D eigenvalue weighted by atomic mass is 79.9. The number of carbonyl (C=O) groups excluding carboxylic acids is 1.